The van der Waals surface area contributed by atoms with Gasteiger partial charge < -0.3 is 14.6 Å². The van der Waals surface area contributed by atoms with Crippen molar-refractivity contribution < 1.29 is 29.1 Å². The number of thioether (sulfide) groups is 1. The van der Waals surface area contributed by atoms with E-state index < -0.39 is 22.6 Å². The van der Waals surface area contributed by atoms with Crippen molar-refractivity contribution >= 4 is 68.0 Å². The van der Waals surface area contributed by atoms with Crippen LogP contribution in [0.15, 0.2) is 92.4 Å². The van der Waals surface area contributed by atoms with Crippen LogP contribution in [0.4, 0.5) is 5.69 Å². The van der Waals surface area contributed by atoms with E-state index in [0.717, 1.165) is 11.8 Å². The van der Waals surface area contributed by atoms with Crippen molar-refractivity contribution in [3.8, 4) is 5.75 Å². The standard InChI is InChI=1S/C28H20BrClN2O7S/c1-2-38-28(35)24-25(33)23(40-27(24)31-26(34)20-8-3-4-9-21(20)30)14-17-13-18(29)10-11-22(17)39-15-16-6-5-7-19(12-16)32(36)37/h3-14,33H,2,15H2,1H3/b23-14-,31-27?. The molecule has 204 valence electrons. The number of esters is 1. The van der Waals surface area contributed by atoms with Crippen molar-refractivity contribution in [2.75, 3.05) is 6.61 Å². The first-order chi connectivity index (χ1) is 19.2. The monoisotopic (exact) mass is 642 g/mol. The summed E-state index contributed by atoms with van der Waals surface area (Å²) in [5.41, 5.74) is 0.955. The van der Waals surface area contributed by atoms with Crippen LogP contribution in [0.25, 0.3) is 6.08 Å². The number of amides is 1. The lowest BCUT2D eigenvalue weighted by Gasteiger charge is -2.11. The Labute approximate surface area is 246 Å². The van der Waals surface area contributed by atoms with E-state index in [1.165, 1.54) is 18.2 Å². The molecule has 0 bridgehead atoms. The lowest BCUT2D eigenvalue weighted by Crippen LogP contribution is -2.14. The fourth-order valence-electron chi connectivity index (χ4n) is 3.60. The number of halogens is 2. The molecular formula is C28H20BrClN2O7S. The molecule has 4 rings (SSSR count). The first-order valence-corrected chi connectivity index (χ1v) is 13.7. The summed E-state index contributed by atoms with van der Waals surface area (Å²) in [4.78, 5) is 40.5. The number of nitro groups is 1. The van der Waals surface area contributed by atoms with E-state index >= 15 is 0 Å². The zero-order valence-electron chi connectivity index (χ0n) is 20.8. The van der Waals surface area contributed by atoms with Crippen LogP contribution in [0.2, 0.25) is 5.02 Å². The van der Waals surface area contributed by atoms with Crippen molar-refractivity contribution in [3.05, 3.63) is 119 Å². The van der Waals surface area contributed by atoms with Crippen LogP contribution in [-0.2, 0) is 16.1 Å². The van der Waals surface area contributed by atoms with E-state index in [9.17, 15) is 24.8 Å². The molecule has 12 heteroatoms. The molecule has 1 aliphatic heterocycles. The SMILES string of the molecule is CCOC(=O)C1=C(O)/C(=C/c2cc(Br)ccc2OCc2cccc([N+](=O)[O-])c2)SC1=NC(=O)c1ccccc1Cl. The van der Waals surface area contributed by atoms with Gasteiger partial charge in [0.1, 0.15) is 28.7 Å². The zero-order chi connectivity index (χ0) is 28.8. The van der Waals surface area contributed by atoms with E-state index in [1.807, 2.05) is 0 Å². The fourth-order valence-corrected chi connectivity index (χ4v) is 5.20. The summed E-state index contributed by atoms with van der Waals surface area (Å²) >= 11 is 10.5. The van der Waals surface area contributed by atoms with Gasteiger partial charge in [0.2, 0.25) is 0 Å². The molecule has 1 aliphatic rings. The molecule has 9 nitrogen and oxygen atoms in total. The molecule has 1 heterocycles. The molecule has 0 saturated carbocycles. The van der Waals surface area contributed by atoms with E-state index in [-0.39, 0.29) is 45.0 Å². The number of carbonyl (C=O) groups is 2. The Bertz CT molecular complexity index is 1600. The summed E-state index contributed by atoms with van der Waals surface area (Å²) in [7, 11) is 0. The average Bonchev–Trinajstić information content (AvgIpc) is 3.22. The maximum Gasteiger partial charge on any atom is 0.344 e. The Morgan fingerprint density at radius 1 is 1.15 bits per heavy atom. The molecule has 0 fully saturated rings. The third-order valence-corrected chi connectivity index (χ3v) is 7.29. The number of hydrogen-bond donors (Lipinski definition) is 1. The summed E-state index contributed by atoms with van der Waals surface area (Å²) < 4.78 is 11.8. The van der Waals surface area contributed by atoms with Gasteiger partial charge >= 0.3 is 5.97 Å². The number of benzene rings is 3. The van der Waals surface area contributed by atoms with Gasteiger partial charge in [-0.2, -0.15) is 0 Å². The number of ether oxygens (including phenoxy) is 2. The van der Waals surface area contributed by atoms with E-state index in [0.29, 0.717) is 21.3 Å². The number of aliphatic hydroxyl groups excluding tert-OH is 1. The minimum absolute atomic E-state index is 0.0406. The van der Waals surface area contributed by atoms with Crippen molar-refractivity contribution in [3.63, 3.8) is 0 Å². The third kappa shape index (κ3) is 6.79. The van der Waals surface area contributed by atoms with Crippen molar-refractivity contribution in [2.24, 2.45) is 4.99 Å². The highest BCUT2D eigenvalue weighted by atomic mass is 79.9. The van der Waals surface area contributed by atoms with Crippen molar-refractivity contribution in [1.29, 1.82) is 0 Å². The van der Waals surface area contributed by atoms with E-state index in [2.05, 4.69) is 20.9 Å². The Balaban J connectivity index is 1.69. The summed E-state index contributed by atoms with van der Waals surface area (Å²) in [5.74, 6) is -1.52. The maximum absolute atomic E-state index is 12.9. The average molecular weight is 644 g/mol. The molecule has 1 amide bonds. The molecule has 0 aromatic heterocycles. The highest BCUT2D eigenvalue weighted by Crippen LogP contribution is 2.41. The number of rotatable bonds is 8. The van der Waals surface area contributed by atoms with Gasteiger partial charge in [-0.15, -0.1) is 0 Å². The van der Waals surface area contributed by atoms with Gasteiger partial charge in [-0.3, -0.25) is 14.9 Å². The molecule has 0 unspecified atom stereocenters. The van der Waals surface area contributed by atoms with Gasteiger partial charge in [0.25, 0.3) is 11.6 Å². The van der Waals surface area contributed by atoms with E-state index in [4.69, 9.17) is 21.1 Å². The number of aliphatic hydroxyl groups is 1. The number of nitro benzene ring substituents is 1. The molecule has 3 aromatic carbocycles. The molecule has 0 aliphatic carbocycles. The van der Waals surface area contributed by atoms with Crippen LogP contribution < -0.4 is 4.74 Å². The Morgan fingerprint density at radius 2 is 1.93 bits per heavy atom. The van der Waals surface area contributed by atoms with E-state index in [1.54, 1.807) is 61.5 Å². The van der Waals surface area contributed by atoms with Crippen molar-refractivity contribution in [2.45, 2.75) is 13.5 Å². The number of nitrogens with zero attached hydrogens (tertiary/aromatic N) is 2. The fraction of sp³-hybridized carbons (Fsp3) is 0.107. The van der Waals surface area contributed by atoms with Crippen LogP contribution in [0.1, 0.15) is 28.4 Å². The normalized spacial score (nSPS) is 15.0. The largest absolute Gasteiger partial charge is 0.506 e. The lowest BCUT2D eigenvalue weighted by atomic mass is 10.1. The molecule has 0 atom stereocenters. The van der Waals surface area contributed by atoms with Crippen LogP contribution >= 0.6 is 39.3 Å². The second kappa shape index (κ2) is 12.9. The number of carbonyl (C=O) groups excluding carboxylic acids is 2. The molecule has 0 spiro atoms. The number of hydrogen-bond acceptors (Lipinski definition) is 8. The Morgan fingerprint density at radius 3 is 2.65 bits per heavy atom. The van der Waals surface area contributed by atoms with Gasteiger partial charge in [-0.05, 0) is 48.9 Å². The zero-order valence-corrected chi connectivity index (χ0v) is 24.0. The molecule has 1 N–H and O–H groups in total. The highest BCUT2D eigenvalue weighted by Gasteiger charge is 2.34. The molecule has 3 aromatic rings. The second-order valence-electron chi connectivity index (χ2n) is 8.15. The maximum atomic E-state index is 12.9. The number of aliphatic imine (C=N–C) groups is 1. The third-order valence-electron chi connectivity index (χ3n) is 5.45. The predicted molar refractivity (Wildman–Crippen MR) is 157 cm³/mol. The first-order valence-electron chi connectivity index (χ1n) is 11.7. The second-order valence-corrected chi connectivity index (χ2v) is 10.5. The number of non-ortho nitro benzene ring substituents is 1. The highest BCUT2D eigenvalue weighted by molar-refractivity contribution is 9.10. The van der Waals surface area contributed by atoms with Gasteiger partial charge in [-0.25, -0.2) is 9.79 Å². The topological polar surface area (TPSA) is 128 Å². The predicted octanol–water partition coefficient (Wildman–Crippen LogP) is 7.29. The summed E-state index contributed by atoms with van der Waals surface area (Å²) in [6.07, 6.45) is 1.58. The lowest BCUT2D eigenvalue weighted by molar-refractivity contribution is -0.384. The van der Waals surface area contributed by atoms with Gasteiger partial charge in [0.15, 0.2) is 0 Å². The van der Waals surface area contributed by atoms with Crippen LogP contribution in [0.5, 0.6) is 5.75 Å². The van der Waals surface area contributed by atoms with Crippen LogP contribution in [0.3, 0.4) is 0 Å². The first kappa shape index (κ1) is 29.1. The van der Waals surface area contributed by atoms with Crippen molar-refractivity contribution in [1.82, 2.24) is 0 Å². The smallest absolute Gasteiger partial charge is 0.344 e. The minimum Gasteiger partial charge on any atom is -0.506 e. The quantitative estimate of drug-likeness (QED) is 0.154. The Kier molecular flexibility index (Phi) is 9.41. The summed E-state index contributed by atoms with van der Waals surface area (Å²) in [6.45, 7) is 1.71. The molecule has 0 saturated heterocycles. The van der Waals surface area contributed by atoms with Crippen LogP contribution in [0, 0.1) is 10.1 Å². The van der Waals surface area contributed by atoms with Gasteiger partial charge in [0, 0.05) is 22.2 Å². The van der Waals surface area contributed by atoms with Crippen LogP contribution in [-0.4, -0.2) is 33.6 Å². The van der Waals surface area contributed by atoms with Gasteiger partial charge in [0.05, 0.1) is 27.0 Å². The molecule has 0 radical (unpaired) electrons. The molecule has 40 heavy (non-hydrogen) atoms. The van der Waals surface area contributed by atoms with Gasteiger partial charge in [-0.1, -0.05) is 63.6 Å². The minimum atomic E-state index is -0.835. The molecular weight excluding hydrogens is 624 g/mol. The Hall–Kier alpha value is -3.93. The summed E-state index contributed by atoms with van der Waals surface area (Å²) in [5, 5.41) is 22.3. The summed E-state index contributed by atoms with van der Waals surface area (Å²) in [6, 6.07) is 17.6.